The minimum absolute atomic E-state index is 0.252. The van der Waals surface area contributed by atoms with Crippen molar-refractivity contribution in [3.8, 4) is 0 Å². The second-order valence-electron chi connectivity index (χ2n) is 23.6. The molecule has 0 saturated carbocycles. The maximum atomic E-state index is 13.3. The van der Waals surface area contributed by atoms with Gasteiger partial charge in [-0.3, -0.25) is 4.79 Å². The van der Waals surface area contributed by atoms with E-state index in [1.54, 1.807) is 6.08 Å². The van der Waals surface area contributed by atoms with E-state index in [0.717, 1.165) is 70.6 Å². The lowest BCUT2D eigenvalue weighted by Crippen LogP contribution is -2.65. The molecule has 12 unspecified atom stereocenters. The quantitative estimate of drug-likeness (QED) is 0.0204. The third-order valence-corrected chi connectivity index (χ3v) is 16.0. The predicted molar refractivity (Wildman–Crippen MR) is 346 cm³/mol. The Kier molecular flexibility index (Phi) is 50.5. The van der Waals surface area contributed by atoms with Crippen LogP contribution < -0.4 is 5.32 Å². The Bertz CT molecular complexity index is 1800. The summed E-state index contributed by atoms with van der Waals surface area (Å²) in [6.45, 7) is 2.67. The number of aliphatic hydroxyl groups is 8. The van der Waals surface area contributed by atoms with Crippen molar-refractivity contribution in [2.75, 3.05) is 19.8 Å². The van der Waals surface area contributed by atoms with E-state index in [0.29, 0.717) is 12.8 Å². The van der Waals surface area contributed by atoms with Gasteiger partial charge in [0.2, 0.25) is 5.91 Å². The molecule has 2 heterocycles. The molecule has 2 aliphatic rings. The Morgan fingerprint density at radius 3 is 1.29 bits per heavy atom. The maximum absolute atomic E-state index is 13.3. The molecule has 14 nitrogen and oxygen atoms in total. The van der Waals surface area contributed by atoms with E-state index < -0.39 is 86.8 Å². The van der Waals surface area contributed by atoms with Crippen LogP contribution in [-0.4, -0.2) is 140 Å². The highest BCUT2D eigenvalue weighted by molar-refractivity contribution is 5.76. The topological polar surface area (TPSA) is 228 Å². The normalized spacial score (nSPS) is 24.2. The molecule has 9 N–H and O–H groups in total. The lowest BCUT2D eigenvalue weighted by molar-refractivity contribution is -0.359. The number of rotatable bonds is 54. The molecular weight excluding hydrogens is 1070 g/mol. The van der Waals surface area contributed by atoms with E-state index >= 15 is 0 Å². The summed E-state index contributed by atoms with van der Waals surface area (Å²) in [6, 6.07) is -0.937. The molecule has 2 saturated heterocycles. The van der Waals surface area contributed by atoms with Crippen LogP contribution in [-0.2, 0) is 23.7 Å². The summed E-state index contributed by atoms with van der Waals surface area (Å²) in [5, 5.41) is 87.3. The lowest BCUT2D eigenvalue weighted by Gasteiger charge is -2.46. The van der Waals surface area contributed by atoms with Gasteiger partial charge in [0.1, 0.15) is 48.8 Å². The van der Waals surface area contributed by atoms with Crippen LogP contribution in [0.2, 0.25) is 0 Å². The molecule has 12 atom stereocenters. The van der Waals surface area contributed by atoms with Crippen LogP contribution in [0.5, 0.6) is 0 Å². The van der Waals surface area contributed by atoms with Crippen LogP contribution in [0.15, 0.2) is 97.2 Å². The van der Waals surface area contributed by atoms with Crippen molar-refractivity contribution in [2.24, 2.45) is 0 Å². The summed E-state index contributed by atoms with van der Waals surface area (Å²) in [4.78, 5) is 13.3. The largest absolute Gasteiger partial charge is 0.394 e. The average Bonchev–Trinajstić information content (AvgIpc) is 3.29. The molecule has 0 aliphatic carbocycles. The van der Waals surface area contributed by atoms with Gasteiger partial charge in [0.05, 0.1) is 32.0 Å². The molecule has 0 spiro atoms. The van der Waals surface area contributed by atoms with Gasteiger partial charge in [-0.05, 0) is 83.5 Å². The van der Waals surface area contributed by atoms with Crippen molar-refractivity contribution in [3.05, 3.63) is 97.2 Å². The minimum Gasteiger partial charge on any atom is -0.394 e. The molecule has 0 aromatic heterocycles. The number of amides is 1. The number of hydrogen-bond acceptors (Lipinski definition) is 13. The van der Waals surface area contributed by atoms with Crippen LogP contribution in [0.4, 0.5) is 0 Å². The summed E-state index contributed by atoms with van der Waals surface area (Å²) < 4.78 is 22.8. The van der Waals surface area contributed by atoms with Gasteiger partial charge >= 0.3 is 0 Å². The van der Waals surface area contributed by atoms with Crippen molar-refractivity contribution in [1.29, 1.82) is 0 Å². The number of allylic oxidation sites excluding steroid dienone is 15. The van der Waals surface area contributed by atoms with E-state index in [4.69, 9.17) is 18.9 Å². The summed E-state index contributed by atoms with van der Waals surface area (Å²) in [6.07, 6.45) is 60.3. The number of unbranched alkanes of at least 4 members (excludes halogenated alkanes) is 27. The standard InChI is InChI=1S/C71H123NO13/c1-3-5-7-9-11-13-15-17-19-21-23-24-25-26-27-28-29-30-31-32-33-34-35-36-37-39-41-43-45-47-49-51-53-55-63(76)72-59(60(75)54-52-50-48-46-44-42-40-38-22-20-18-16-14-12-10-8-6-4-2)58-82-70-68(81)66(79)69(62(57-74)84-70)85-71-67(80)65(78)64(77)61(56-73)83-71/h5,7,11,13,17,19,23-24,26-27,29-30,44,46,52,54,59-62,64-71,73-75,77-81H,3-4,6,8-10,12,14-16,18,20-22,25,28,31-43,45,47-51,53,55-58H2,1-2H3,(H,72,76)/b7-5-,13-11-,19-17-,24-23-,27-26-,30-29-,46-44+,54-52+. The first-order valence-electron chi connectivity index (χ1n) is 34.0. The SMILES string of the molecule is CC/C=C\C/C=C\C/C=C\C/C=C\C/C=C\C/C=C\CCCCCCCCCCCCCCCCC(=O)NC(COC1OC(CO)C(OC2OC(CO)C(O)C(O)C2O)C(O)C1O)C(O)/C=C/CC/C=C/CCCCCCCCCCCCCC. The first-order valence-corrected chi connectivity index (χ1v) is 34.0. The molecule has 2 fully saturated rings. The third-order valence-electron chi connectivity index (χ3n) is 16.0. The van der Waals surface area contributed by atoms with Gasteiger partial charge < -0.3 is 65.1 Å². The van der Waals surface area contributed by atoms with Crippen molar-refractivity contribution in [3.63, 3.8) is 0 Å². The van der Waals surface area contributed by atoms with Gasteiger partial charge in [-0.2, -0.15) is 0 Å². The van der Waals surface area contributed by atoms with Gasteiger partial charge in [0.25, 0.3) is 0 Å². The van der Waals surface area contributed by atoms with Gasteiger partial charge in [-0.1, -0.05) is 259 Å². The molecule has 2 rings (SSSR count). The maximum Gasteiger partial charge on any atom is 0.220 e. The van der Waals surface area contributed by atoms with E-state index in [1.807, 2.05) is 6.08 Å². The van der Waals surface area contributed by atoms with Gasteiger partial charge in [0.15, 0.2) is 12.6 Å². The number of ether oxygens (including phenoxy) is 4. The highest BCUT2D eigenvalue weighted by Crippen LogP contribution is 2.30. The Morgan fingerprint density at radius 2 is 0.824 bits per heavy atom. The van der Waals surface area contributed by atoms with Crippen LogP contribution in [0.1, 0.15) is 251 Å². The fourth-order valence-electron chi connectivity index (χ4n) is 10.6. The van der Waals surface area contributed by atoms with Crippen molar-refractivity contribution in [2.45, 2.75) is 325 Å². The number of aliphatic hydroxyl groups excluding tert-OH is 8. The molecule has 1 amide bonds. The molecular formula is C71H123NO13. The molecule has 0 aromatic carbocycles. The van der Waals surface area contributed by atoms with E-state index in [2.05, 4.69) is 104 Å². The van der Waals surface area contributed by atoms with Crippen LogP contribution in [0.25, 0.3) is 0 Å². The van der Waals surface area contributed by atoms with Gasteiger partial charge in [0, 0.05) is 6.42 Å². The molecule has 0 radical (unpaired) electrons. The molecule has 2 aliphatic heterocycles. The summed E-state index contributed by atoms with van der Waals surface area (Å²) >= 11 is 0. The van der Waals surface area contributed by atoms with E-state index in [1.165, 1.54) is 148 Å². The van der Waals surface area contributed by atoms with Crippen LogP contribution in [0, 0.1) is 0 Å². The summed E-state index contributed by atoms with van der Waals surface area (Å²) in [5.41, 5.74) is 0. The smallest absolute Gasteiger partial charge is 0.220 e. The van der Waals surface area contributed by atoms with Crippen LogP contribution in [0.3, 0.4) is 0 Å². The average molecular weight is 1200 g/mol. The number of hydrogen-bond donors (Lipinski definition) is 9. The van der Waals surface area contributed by atoms with Crippen LogP contribution >= 0.6 is 0 Å². The number of carbonyl (C=O) groups is 1. The molecule has 14 heteroatoms. The third kappa shape index (κ3) is 39.5. The van der Waals surface area contributed by atoms with Crippen molar-refractivity contribution < 1.29 is 64.6 Å². The van der Waals surface area contributed by atoms with Gasteiger partial charge in [-0.25, -0.2) is 0 Å². The Hall–Kier alpha value is -3.09. The van der Waals surface area contributed by atoms with Gasteiger partial charge in [-0.15, -0.1) is 0 Å². The van der Waals surface area contributed by atoms with E-state index in [9.17, 15) is 45.6 Å². The Labute approximate surface area is 515 Å². The lowest BCUT2D eigenvalue weighted by atomic mass is 9.97. The monoisotopic (exact) mass is 1200 g/mol. The zero-order chi connectivity index (χ0) is 61.6. The summed E-state index contributed by atoms with van der Waals surface area (Å²) in [7, 11) is 0. The molecule has 85 heavy (non-hydrogen) atoms. The van der Waals surface area contributed by atoms with Crippen molar-refractivity contribution >= 4 is 5.91 Å². The molecule has 0 bridgehead atoms. The fraction of sp³-hybridized carbons (Fsp3) is 0.761. The Balaban J connectivity index is 1.67. The molecule has 0 aromatic rings. The first kappa shape index (κ1) is 78.0. The minimum atomic E-state index is -1.79. The summed E-state index contributed by atoms with van der Waals surface area (Å²) in [5.74, 6) is -0.252. The first-order chi connectivity index (χ1) is 41.6. The Morgan fingerprint density at radius 1 is 0.435 bits per heavy atom. The second-order valence-corrected chi connectivity index (χ2v) is 23.6. The van der Waals surface area contributed by atoms with E-state index in [-0.39, 0.29) is 18.9 Å². The highest BCUT2D eigenvalue weighted by Gasteiger charge is 2.51. The highest BCUT2D eigenvalue weighted by atomic mass is 16.7. The zero-order valence-electron chi connectivity index (χ0n) is 53.1. The number of carbonyl (C=O) groups excluding carboxylic acids is 1. The zero-order valence-corrected chi connectivity index (χ0v) is 53.1. The predicted octanol–water partition coefficient (Wildman–Crippen LogP) is 13.4. The number of nitrogens with one attached hydrogen (secondary N) is 1. The second kappa shape index (κ2) is 55.0. The fourth-order valence-corrected chi connectivity index (χ4v) is 10.6. The molecule has 490 valence electrons. The van der Waals surface area contributed by atoms with Crippen molar-refractivity contribution in [1.82, 2.24) is 5.32 Å².